The average Bonchev–Trinajstić information content (AvgIpc) is 2.50. The third-order valence-electron chi connectivity index (χ3n) is 3.24. The Morgan fingerprint density at radius 2 is 1.55 bits per heavy atom. The molecule has 0 bridgehead atoms. The smallest absolute Gasteiger partial charge is 0.323 e. The van der Waals surface area contributed by atoms with E-state index in [1.54, 1.807) is 36.4 Å². The molecule has 0 aliphatic heterocycles. The van der Waals surface area contributed by atoms with Gasteiger partial charge in [-0.15, -0.1) is 0 Å². The van der Waals surface area contributed by atoms with Gasteiger partial charge in [-0.1, -0.05) is 18.2 Å². The monoisotopic (exact) mass is 294 g/mol. The number of anilines is 2. The highest BCUT2D eigenvalue weighted by atomic mass is 16.3. The molecular formula is C17H14N2O3. The lowest BCUT2D eigenvalue weighted by molar-refractivity contribution is 0.262. The zero-order chi connectivity index (χ0) is 15.5. The van der Waals surface area contributed by atoms with Crippen LogP contribution in [-0.4, -0.2) is 16.2 Å². The molecule has 0 unspecified atom stereocenters. The predicted molar refractivity (Wildman–Crippen MR) is 86.4 cm³/mol. The van der Waals surface area contributed by atoms with E-state index in [1.807, 2.05) is 12.1 Å². The van der Waals surface area contributed by atoms with E-state index < -0.39 is 6.03 Å². The molecule has 0 spiro atoms. The lowest BCUT2D eigenvalue weighted by Crippen LogP contribution is -2.19. The maximum Gasteiger partial charge on any atom is 0.323 e. The van der Waals surface area contributed by atoms with Crippen molar-refractivity contribution in [3.05, 3.63) is 60.7 Å². The number of phenols is 2. The van der Waals surface area contributed by atoms with Crippen LogP contribution in [0.1, 0.15) is 0 Å². The van der Waals surface area contributed by atoms with Crippen LogP contribution in [0.4, 0.5) is 16.2 Å². The third kappa shape index (κ3) is 2.93. The van der Waals surface area contributed by atoms with Gasteiger partial charge in [0.25, 0.3) is 0 Å². The summed E-state index contributed by atoms with van der Waals surface area (Å²) >= 11 is 0. The van der Waals surface area contributed by atoms with Crippen molar-refractivity contribution in [2.75, 3.05) is 10.6 Å². The molecule has 3 aromatic rings. The summed E-state index contributed by atoms with van der Waals surface area (Å²) in [6.07, 6.45) is 0. The molecule has 0 aliphatic carbocycles. The van der Waals surface area contributed by atoms with E-state index in [9.17, 15) is 15.0 Å². The second-order valence-corrected chi connectivity index (χ2v) is 4.84. The quantitative estimate of drug-likeness (QED) is 0.541. The number of urea groups is 1. The molecule has 0 saturated heterocycles. The number of nitrogens with one attached hydrogen (secondary N) is 2. The van der Waals surface area contributed by atoms with Crippen molar-refractivity contribution in [1.82, 2.24) is 0 Å². The maximum absolute atomic E-state index is 12.0. The SMILES string of the molecule is O=C(Nc1ccc(O)cc1)Nc1cccc2ccc(O)cc12. The Kier molecular flexibility index (Phi) is 3.53. The van der Waals surface area contributed by atoms with Crippen LogP contribution in [-0.2, 0) is 0 Å². The van der Waals surface area contributed by atoms with Crippen LogP contribution in [0.3, 0.4) is 0 Å². The molecule has 0 fully saturated rings. The minimum absolute atomic E-state index is 0.135. The van der Waals surface area contributed by atoms with Crippen LogP contribution in [0.2, 0.25) is 0 Å². The summed E-state index contributed by atoms with van der Waals surface area (Å²) < 4.78 is 0. The highest BCUT2D eigenvalue weighted by Gasteiger charge is 2.06. The second-order valence-electron chi connectivity index (χ2n) is 4.84. The molecule has 0 radical (unpaired) electrons. The first kappa shape index (κ1) is 13.8. The fraction of sp³-hybridized carbons (Fsp3) is 0. The standard InChI is InChI=1S/C17H14N2O3/c20-13-8-5-12(6-9-13)18-17(22)19-16-3-1-2-11-4-7-14(21)10-15(11)16/h1-10,20-21H,(H2,18,19,22). The second kappa shape index (κ2) is 5.65. The Labute approximate surface area is 126 Å². The first-order valence-electron chi connectivity index (χ1n) is 6.70. The molecule has 4 N–H and O–H groups in total. The van der Waals surface area contributed by atoms with Gasteiger partial charge in [0.05, 0.1) is 5.69 Å². The first-order valence-corrected chi connectivity index (χ1v) is 6.70. The van der Waals surface area contributed by atoms with Gasteiger partial charge in [0.15, 0.2) is 0 Å². The van der Waals surface area contributed by atoms with E-state index >= 15 is 0 Å². The Morgan fingerprint density at radius 1 is 0.818 bits per heavy atom. The maximum atomic E-state index is 12.0. The van der Waals surface area contributed by atoms with Crippen molar-refractivity contribution in [1.29, 1.82) is 0 Å². The number of hydrogen-bond donors (Lipinski definition) is 4. The Bertz CT molecular complexity index is 829. The number of carbonyl (C=O) groups is 1. The number of fused-ring (bicyclic) bond motifs is 1. The summed E-state index contributed by atoms with van der Waals surface area (Å²) in [5, 5.41) is 25.9. The molecular weight excluding hydrogens is 280 g/mol. The number of aromatic hydroxyl groups is 2. The van der Waals surface area contributed by atoms with Gasteiger partial charge in [-0.25, -0.2) is 4.79 Å². The van der Waals surface area contributed by atoms with Gasteiger partial charge in [-0.05, 0) is 47.9 Å². The van der Waals surface area contributed by atoms with Gasteiger partial charge in [0.1, 0.15) is 11.5 Å². The molecule has 110 valence electrons. The van der Waals surface area contributed by atoms with Crippen molar-refractivity contribution in [3.8, 4) is 11.5 Å². The van der Waals surface area contributed by atoms with Crippen LogP contribution in [0.5, 0.6) is 11.5 Å². The van der Waals surface area contributed by atoms with Crippen molar-refractivity contribution in [2.24, 2.45) is 0 Å². The molecule has 3 rings (SSSR count). The molecule has 22 heavy (non-hydrogen) atoms. The first-order chi connectivity index (χ1) is 10.6. The number of hydrogen-bond acceptors (Lipinski definition) is 3. The number of benzene rings is 3. The van der Waals surface area contributed by atoms with E-state index in [-0.39, 0.29) is 11.5 Å². The van der Waals surface area contributed by atoms with E-state index in [2.05, 4.69) is 10.6 Å². The number of rotatable bonds is 2. The molecule has 5 nitrogen and oxygen atoms in total. The van der Waals surface area contributed by atoms with Gasteiger partial charge in [-0.3, -0.25) is 0 Å². The van der Waals surface area contributed by atoms with Crippen LogP contribution in [0.15, 0.2) is 60.7 Å². The normalized spacial score (nSPS) is 10.4. The molecule has 3 aromatic carbocycles. The molecule has 0 aliphatic rings. The Hall–Kier alpha value is -3.21. The summed E-state index contributed by atoms with van der Waals surface area (Å²) in [4.78, 5) is 12.0. The van der Waals surface area contributed by atoms with Crippen LogP contribution < -0.4 is 10.6 Å². The fourth-order valence-electron chi connectivity index (χ4n) is 2.20. The largest absolute Gasteiger partial charge is 0.508 e. The summed E-state index contributed by atoms with van der Waals surface area (Å²) in [6, 6.07) is 16.3. The Morgan fingerprint density at radius 3 is 2.32 bits per heavy atom. The third-order valence-corrected chi connectivity index (χ3v) is 3.24. The molecule has 0 aromatic heterocycles. The predicted octanol–water partition coefficient (Wildman–Crippen LogP) is 3.90. The van der Waals surface area contributed by atoms with Crippen molar-refractivity contribution >= 4 is 28.2 Å². The summed E-state index contributed by atoms with van der Waals surface area (Å²) in [6.45, 7) is 0. The topological polar surface area (TPSA) is 81.6 Å². The fourth-order valence-corrected chi connectivity index (χ4v) is 2.20. The lowest BCUT2D eigenvalue weighted by Gasteiger charge is -2.10. The van der Waals surface area contributed by atoms with Crippen LogP contribution in [0, 0.1) is 0 Å². The van der Waals surface area contributed by atoms with E-state index in [4.69, 9.17) is 0 Å². The van der Waals surface area contributed by atoms with E-state index in [0.717, 1.165) is 10.8 Å². The van der Waals surface area contributed by atoms with Gasteiger partial charge in [0.2, 0.25) is 0 Å². The Balaban J connectivity index is 1.82. The molecule has 5 heteroatoms. The molecule has 0 atom stereocenters. The summed E-state index contributed by atoms with van der Waals surface area (Å²) in [5.74, 6) is 0.274. The molecule has 2 amide bonds. The minimum Gasteiger partial charge on any atom is -0.508 e. The lowest BCUT2D eigenvalue weighted by atomic mass is 10.1. The summed E-state index contributed by atoms with van der Waals surface area (Å²) in [7, 11) is 0. The zero-order valence-corrected chi connectivity index (χ0v) is 11.6. The van der Waals surface area contributed by atoms with E-state index in [0.29, 0.717) is 11.4 Å². The van der Waals surface area contributed by atoms with Crippen LogP contribution >= 0.6 is 0 Å². The summed E-state index contributed by atoms with van der Waals surface area (Å²) in [5.41, 5.74) is 1.17. The van der Waals surface area contributed by atoms with Gasteiger partial charge in [-0.2, -0.15) is 0 Å². The number of amides is 2. The van der Waals surface area contributed by atoms with Crippen molar-refractivity contribution < 1.29 is 15.0 Å². The number of carbonyl (C=O) groups excluding carboxylic acids is 1. The molecule has 0 saturated carbocycles. The average molecular weight is 294 g/mol. The van der Waals surface area contributed by atoms with Gasteiger partial charge < -0.3 is 20.8 Å². The van der Waals surface area contributed by atoms with Gasteiger partial charge >= 0.3 is 6.03 Å². The van der Waals surface area contributed by atoms with Crippen molar-refractivity contribution in [3.63, 3.8) is 0 Å². The van der Waals surface area contributed by atoms with E-state index in [1.165, 1.54) is 12.1 Å². The van der Waals surface area contributed by atoms with Crippen LogP contribution in [0.25, 0.3) is 10.8 Å². The zero-order valence-electron chi connectivity index (χ0n) is 11.6. The highest BCUT2D eigenvalue weighted by Crippen LogP contribution is 2.27. The highest BCUT2D eigenvalue weighted by molar-refractivity contribution is 6.06. The van der Waals surface area contributed by atoms with Crippen molar-refractivity contribution in [2.45, 2.75) is 0 Å². The number of phenolic OH excluding ortho intramolecular Hbond substituents is 2. The molecule has 0 heterocycles. The minimum atomic E-state index is -0.401. The van der Waals surface area contributed by atoms with Gasteiger partial charge in [0, 0.05) is 11.1 Å².